The minimum Gasteiger partial charge on any atom is -0.282 e. The Bertz CT molecular complexity index is 344. The molecule has 1 aromatic rings. The third kappa shape index (κ3) is 3.09. The summed E-state index contributed by atoms with van der Waals surface area (Å²) in [6, 6.07) is 2.20. The molecule has 1 rings (SSSR count). The molecule has 0 fully saturated rings. The highest BCUT2D eigenvalue weighted by atomic mass is 15.1. The van der Waals surface area contributed by atoms with E-state index < -0.39 is 0 Å². The van der Waals surface area contributed by atoms with Gasteiger partial charge in [-0.25, -0.2) is 0 Å². The highest BCUT2D eigenvalue weighted by Crippen LogP contribution is 2.17. The van der Waals surface area contributed by atoms with Crippen molar-refractivity contribution in [3.05, 3.63) is 17.0 Å². The highest BCUT2D eigenvalue weighted by Gasteiger charge is 2.12. The fourth-order valence-electron chi connectivity index (χ4n) is 1.79. The Balaban J connectivity index is 2.85. The van der Waals surface area contributed by atoms with E-state index in [4.69, 9.17) is 5.26 Å². The number of nitrogens with zero attached hydrogens (tertiary/aromatic N) is 2. The molecule has 0 aliphatic heterocycles. The molecule has 82 valence electrons. The fraction of sp³-hybridized carbons (Fsp3) is 0.667. The normalized spacial score (nSPS) is 10.6. The van der Waals surface area contributed by atoms with E-state index in [-0.39, 0.29) is 0 Å². The molecule has 0 aliphatic rings. The van der Waals surface area contributed by atoms with E-state index in [9.17, 15) is 0 Å². The van der Waals surface area contributed by atoms with Crippen LogP contribution in [0.1, 0.15) is 44.1 Å². The Morgan fingerprint density at radius 3 is 2.73 bits per heavy atom. The standard InChI is InChI=1S/C12H19N3/c1-4-11-10(6-5-7-13)12(15-14-11)8-9(2)3/h9H,4-6,8H2,1-3H3,(H,14,15). The van der Waals surface area contributed by atoms with Crippen LogP contribution in [0.3, 0.4) is 0 Å². The molecule has 1 aromatic heterocycles. The van der Waals surface area contributed by atoms with E-state index in [1.807, 2.05) is 0 Å². The van der Waals surface area contributed by atoms with Crippen molar-refractivity contribution in [2.45, 2.75) is 46.5 Å². The van der Waals surface area contributed by atoms with E-state index in [0.717, 1.165) is 25.0 Å². The van der Waals surface area contributed by atoms with Crippen molar-refractivity contribution in [2.24, 2.45) is 5.92 Å². The van der Waals surface area contributed by atoms with Gasteiger partial charge in [-0.15, -0.1) is 0 Å². The maximum absolute atomic E-state index is 8.62. The van der Waals surface area contributed by atoms with Crippen LogP contribution in [0, 0.1) is 17.2 Å². The molecule has 0 atom stereocenters. The summed E-state index contributed by atoms with van der Waals surface area (Å²) in [4.78, 5) is 0. The van der Waals surface area contributed by atoms with E-state index in [1.54, 1.807) is 0 Å². The third-order valence-corrected chi connectivity index (χ3v) is 2.47. The summed E-state index contributed by atoms with van der Waals surface area (Å²) in [6.45, 7) is 6.49. The maximum Gasteiger partial charge on any atom is 0.0654 e. The van der Waals surface area contributed by atoms with Crippen LogP contribution in [0.15, 0.2) is 0 Å². The van der Waals surface area contributed by atoms with Gasteiger partial charge in [-0.1, -0.05) is 20.8 Å². The number of hydrogen-bond acceptors (Lipinski definition) is 2. The predicted octanol–water partition coefficient (Wildman–Crippen LogP) is 2.63. The van der Waals surface area contributed by atoms with Gasteiger partial charge in [-0.3, -0.25) is 5.10 Å². The smallest absolute Gasteiger partial charge is 0.0654 e. The van der Waals surface area contributed by atoms with Gasteiger partial charge in [0.2, 0.25) is 0 Å². The van der Waals surface area contributed by atoms with Crippen LogP contribution in [0.5, 0.6) is 0 Å². The number of nitriles is 1. The van der Waals surface area contributed by atoms with Gasteiger partial charge in [0.25, 0.3) is 0 Å². The lowest BCUT2D eigenvalue weighted by Gasteiger charge is -2.05. The zero-order valence-corrected chi connectivity index (χ0v) is 9.80. The van der Waals surface area contributed by atoms with Crippen LogP contribution in [-0.4, -0.2) is 10.2 Å². The predicted molar refractivity (Wildman–Crippen MR) is 60.4 cm³/mol. The Labute approximate surface area is 91.5 Å². The molecule has 0 bridgehead atoms. The third-order valence-electron chi connectivity index (χ3n) is 2.47. The number of hydrogen-bond donors (Lipinski definition) is 1. The molecule has 0 radical (unpaired) electrons. The van der Waals surface area contributed by atoms with Crippen molar-refractivity contribution in [1.82, 2.24) is 10.2 Å². The summed E-state index contributed by atoms with van der Waals surface area (Å²) in [6.07, 6.45) is 3.37. The SMILES string of the molecule is CCc1n[nH]c(CC(C)C)c1CCC#N. The molecule has 0 spiro atoms. The zero-order valence-electron chi connectivity index (χ0n) is 9.80. The molecule has 0 saturated heterocycles. The van der Waals surface area contributed by atoms with E-state index >= 15 is 0 Å². The lowest BCUT2D eigenvalue weighted by molar-refractivity contribution is 0.629. The molecule has 1 N–H and O–H groups in total. The first kappa shape index (κ1) is 11.8. The second-order valence-corrected chi connectivity index (χ2v) is 4.24. The first-order valence-corrected chi connectivity index (χ1v) is 5.61. The number of H-pyrrole nitrogens is 1. The molecule has 0 aliphatic carbocycles. The van der Waals surface area contributed by atoms with Crippen LogP contribution in [0.4, 0.5) is 0 Å². The molecular weight excluding hydrogens is 186 g/mol. The van der Waals surface area contributed by atoms with Crippen molar-refractivity contribution in [1.29, 1.82) is 5.26 Å². The largest absolute Gasteiger partial charge is 0.282 e. The number of aromatic nitrogens is 2. The van der Waals surface area contributed by atoms with Crippen molar-refractivity contribution >= 4 is 0 Å². The van der Waals surface area contributed by atoms with Crippen LogP contribution < -0.4 is 0 Å². The van der Waals surface area contributed by atoms with Crippen LogP contribution >= 0.6 is 0 Å². The summed E-state index contributed by atoms with van der Waals surface area (Å²) >= 11 is 0. The number of aryl methyl sites for hydroxylation is 1. The van der Waals surface area contributed by atoms with Gasteiger partial charge >= 0.3 is 0 Å². The molecule has 0 saturated carbocycles. The molecule has 0 aromatic carbocycles. The van der Waals surface area contributed by atoms with Gasteiger partial charge in [0.05, 0.1) is 11.8 Å². The Morgan fingerprint density at radius 2 is 2.20 bits per heavy atom. The van der Waals surface area contributed by atoms with E-state index in [0.29, 0.717) is 12.3 Å². The first-order chi connectivity index (χ1) is 7.19. The molecule has 3 nitrogen and oxygen atoms in total. The molecule has 0 amide bonds. The van der Waals surface area contributed by atoms with Crippen LogP contribution in [0.2, 0.25) is 0 Å². The zero-order chi connectivity index (χ0) is 11.3. The van der Waals surface area contributed by atoms with E-state index in [2.05, 4.69) is 37.0 Å². The second-order valence-electron chi connectivity index (χ2n) is 4.24. The lowest BCUT2D eigenvalue weighted by atomic mass is 10.00. The maximum atomic E-state index is 8.62. The minimum absolute atomic E-state index is 0.581. The van der Waals surface area contributed by atoms with Crippen molar-refractivity contribution in [2.75, 3.05) is 0 Å². The quantitative estimate of drug-likeness (QED) is 0.803. The summed E-state index contributed by atoms with van der Waals surface area (Å²) in [5.41, 5.74) is 3.62. The highest BCUT2D eigenvalue weighted by molar-refractivity contribution is 5.26. The number of aromatic amines is 1. The summed E-state index contributed by atoms with van der Waals surface area (Å²) in [5, 5.41) is 16.0. The average molecular weight is 205 g/mol. The van der Waals surface area contributed by atoms with Crippen molar-refractivity contribution < 1.29 is 0 Å². The Morgan fingerprint density at radius 1 is 1.47 bits per heavy atom. The summed E-state index contributed by atoms with van der Waals surface area (Å²) in [7, 11) is 0. The first-order valence-electron chi connectivity index (χ1n) is 5.61. The summed E-state index contributed by atoms with van der Waals surface area (Å²) < 4.78 is 0. The Hall–Kier alpha value is -1.30. The summed E-state index contributed by atoms with van der Waals surface area (Å²) in [5.74, 6) is 0.621. The van der Waals surface area contributed by atoms with Gasteiger partial charge in [-0.05, 0) is 30.7 Å². The minimum atomic E-state index is 0.581. The Kier molecular flexibility index (Phi) is 4.36. The fourth-order valence-corrected chi connectivity index (χ4v) is 1.79. The molecular formula is C12H19N3. The van der Waals surface area contributed by atoms with Gasteiger partial charge in [0.1, 0.15) is 0 Å². The monoisotopic (exact) mass is 205 g/mol. The average Bonchev–Trinajstić information content (AvgIpc) is 2.56. The molecule has 0 unspecified atom stereocenters. The van der Waals surface area contributed by atoms with Crippen molar-refractivity contribution in [3.63, 3.8) is 0 Å². The lowest BCUT2D eigenvalue weighted by Crippen LogP contribution is -1.99. The molecule has 3 heteroatoms. The number of rotatable bonds is 5. The van der Waals surface area contributed by atoms with E-state index in [1.165, 1.54) is 11.3 Å². The van der Waals surface area contributed by atoms with Gasteiger partial charge in [-0.2, -0.15) is 10.4 Å². The van der Waals surface area contributed by atoms with Crippen LogP contribution in [-0.2, 0) is 19.3 Å². The second kappa shape index (κ2) is 5.55. The molecule has 1 heterocycles. The van der Waals surface area contributed by atoms with Crippen molar-refractivity contribution in [3.8, 4) is 6.07 Å². The van der Waals surface area contributed by atoms with Gasteiger partial charge < -0.3 is 0 Å². The van der Waals surface area contributed by atoms with Gasteiger partial charge in [0.15, 0.2) is 0 Å². The van der Waals surface area contributed by atoms with Gasteiger partial charge in [0, 0.05) is 12.1 Å². The van der Waals surface area contributed by atoms with Crippen LogP contribution in [0.25, 0.3) is 0 Å². The molecule has 15 heavy (non-hydrogen) atoms. The number of nitrogens with one attached hydrogen (secondary N) is 1. The topological polar surface area (TPSA) is 52.5 Å².